The zero-order chi connectivity index (χ0) is 15.0. The molecule has 112 valence electrons. The van der Waals surface area contributed by atoms with Crippen molar-refractivity contribution in [3.05, 3.63) is 34.9 Å². The molecule has 0 aliphatic carbocycles. The van der Waals surface area contributed by atoms with Gasteiger partial charge in [0.1, 0.15) is 0 Å². The first-order valence-electron chi connectivity index (χ1n) is 6.95. The highest BCUT2D eigenvalue weighted by molar-refractivity contribution is 6.30. The average Bonchev–Trinajstić information content (AvgIpc) is 3.06. The second kappa shape index (κ2) is 5.66. The quantitative estimate of drug-likeness (QED) is 0.878. The summed E-state index contributed by atoms with van der Waals surface area (Å²) < 4.78 is 5.55. The lowest BCUT2D eigenvalue weighted by Gasteiger charge is -2.27. The van der Waals surface area contributed by atoms with Gasteiger partial charge in [0.2, 0.25) is 5.91 Å². The lowest BCUT2D eigenvalue weighted by Crippen LogP contribution is -2.48. The number of amides is 1. The Labute approximate surface area is 127 Å². The van der Waals surface area contributed by atoms with Crippen molar-refractivity contribution in [2.45, 2.75) is 31.6 Å². The van der Waals surface area contributed by atoms with Crippen molar-refractivity contribution in [2.24, 2.45) is 11.8 Å². The lowest BCUT2D eigenvalue weighted by molar-refractivity contribution is -0.314. The Bertz CT molecular complexity index is 559. The third-order valence-electron chi connectivity index (χ3n) is 4.23. The molecule has 2 aliphatic rings. The summed E-state index contributed by atoms with van der Waals surface area (Å²) in [5.74, 6) is -2.98. The molecular weight excluding hydrogens is 294 g/mol. The van der Waals surface area contributed by atoms with Gasteiger partial charge in [-0.05, 0) is 30.5 Å². The number of hydrogen-bond acceptors (Lipinski definition) is 4. The molecule has 1 amide bonds. The smallest absolute Gasteiger partial charge is 0.226 e. The van der Waals surface area contributed by atoms with Crippen LogP contribution in [0.2, 0.25) is 5.02 Å². The van der Waals surface area contributed by atoms with Crippen molar-refractivity contribution in [1.29, 1.82) is 0 Å². The minimum absolute atomic E-state index is 0.286. The van der Waals surface area contributed by atoms with Crippen LogP contribution >= 0.6 is 11.6 Å². The van der Waals surface area contributed by atoms with E-state index in [0.717, 1.165) is 12.0 Å². The van der Waals surface area contributed by atoms with E-state index in [1.807, 2.05) is 12.1 Å². The van der Waals surface area contributed by atoms with E-state index in [2.05, 4.69) is 5.32 Å². The summed E-state index contributed by atoms with van der Waals surface area (Å²) in [6, 6.07) is 7.12. The SMILES string of the molecule is O=C(NCc1ccc(Cl)cc1)[C@@H]1[C@H](C(=O)[O-])[C@@H]2CC[C@H]1O2. The summed E-state index contributed by atoms with van der Waals surface area (Å²) >= 11 is 5.80. The number of rotatable bonds is 4. The molecule has 1 aromatic rings. The summed E-state index contributed by atoms with van der Waals surface area (Å²) in [5, 5.41) is 14.6. The maximum Gasteiger partial charge on any atom is 0.226 e. The molecule has 6 heteroatoms. The van der Waals surface area contributed by atoms with Crippen LogP contribution in [0.25, 0.3) is 0 Å². The summed E-state index contributed by atoms with van der Waals surface area (Å²) in [6.07, 6.45) is 0.729. The van der Waals surface area contributed by atoms with Gasteiger partial charge in [-0.3, -0.25) is 4.79 Å². The molecule has 2 aliphatic heterocycles. The van der Waals surface area contributed by atoms with Gasteiger partial charge in [0.15, 0.2) is 0 Å². The second-order valence-corrected chi connectivity index (χ2v) is 5.94. The van der Waals surface area contributed by atoms with Crippen LogP contribution in [0.4, 0.5) is 0 Å². The average molecular weight is 309 g/mol. The number of ether oxygens (including phenoxy) is 1. The Balaban J connectivity index is 1.64. The van der Waals surface area contributed by atoms with Crippen molar-refractivity contribution in [1.82, 2.24) is 5.32 Å². The van der Waals surface area contributed by atoms with Gasteiger partial charge in [-0.15, -0.1) is 0 Å². The minimum Gasteiger partial charge on any atom is -0.550 e. The maximum atomic E-state index is 12.3. The van der Waals surface area contributed by atoms with Crippen molar-refractivity contribution < 1.29 is 19.4 Å². The van der Waals surface area contributed by atoms with Crippen molar-refractivity contribution in [3.8, 4) is 0 Å². The number of nitrogens with one attached hydrogen (secondary N) is 1. The van der Waals surface area contributed by atoms with E-state index < -0.39 is 17.8 Å². The highest BCUT2D eigenvalue weighted by Gasteiger charge is 2.52. The zero-order valence-electron chi connectivity index (χ0n) is 11.3. The van der Waals surface area contributed by atoms with E-state index in [1.54, 1.807) is 12.1 Å². The Morgan fingerprint density at radius 1 is 1.19 bits per heavy atom. The van der Waals surface area contributed by atoms with Crippen LogP contribution in [-0.4, -0.2) is 24.1 Å². The largest absolute Gasteiger partial charge is 0.550 e. The number of benzene rings is 1. The molecule has 0 spiro atoms. The minimum atomic E-state index is -1.20. The predicted octanol–water partition coefficient (Wildman–Crippen LogP) is 0.500. The number of carbonyl (C=O) groups is 2. The topological polar surface area (TPSA) is 78.5 Å². The molecule has 21 heavy (non-hydrogen) atoms. The summed E-state index contributed by atoms with van der Waals surface area (Å²) in [5.41, 5.74) is 0.904. The molecule has 2 fully saturated rings. The van der Waals surface area contributed by atoms with Gasteiger partial charge in [-0.1, -0.05) is 23.7 Å². The summed E-state index contributed by atoms with van der Waals surface area (Å²) in [4.78, 5) is 23.5. The van der Waals surface area contributed by atoms with E-state index in [1.165, 1.54) is 0 Å². The lowest BCUT2D eigenvalue weighted by atomic mass is 9.78. The number of halogens is 1. The molecule has 1 aromatic carbocycles. The first-order valence-corrected chi connectivity index (χ1v) is 7.32. The molecule has 2 bridgehead atoms. The fourth-order valence-corrected chi connectivity index (χ4v) is 3.35. The molecule has 5 nitrogen and oxygen atoms in total. The van der Waals surface area contributed by atoms with Crippen LogP contribution in [0.5, 0.6) is 0 Å². The van der Waals surface area contributed by atoms with Crippen LogP contribution in [0.15, 0.2) is 24.3 Å². The van der Waals surface area contributed by atoms with Gasteiger partial charge >= 0.3 is 0 Å². The van der Waals surface area contributed by atoms with Crippen LogP contribution < -0.4 is 10.4 Å². The highest BCUT2D eigenvalue weighted by Crippen LogP contribution is 2.43. The van der Waals surface area contributed by atoms with Gasteiger partial charge < -0.3 is 20.0 Å². The molecule has 2 heterocycles. The van der Waals surface area contributed by atoms with Gasteiger partial charge in [-0.25, -0.2) is 0 Å². The third-order valence-corrected chi connectivity index (χ3v) is 4.48. The number of hydrogen-bond donors (Lipinski definition) is 1. The number of carboxylic acid groups (broad SMARTS) is 1. The van der Waals surface area contributed by atoms with E-state index in [9.17, 15) is 14.7 Å². The van der Waals surface area contributed by atoms with Gasteiger partial charge in [0.05, 0.1) is 18.1 Å². The second-order valence-electron chi connectivity index (χ2n) is 5.51. The van der Waals surface area contributed by atoms with Gasteiger partial charge in [-0.2, -0.15) is 0 Å². The Kier molecular flexibility index (Phi) is 3.87. The molecule has 0 aromatic heterocycles. The maximum absolute atomic E-state index is 12.3. The Morgan fingerprint density at radius 2 is 1.81 bits per heavy atom. The zero-order valence-corrected chi connectivity index (χ0v) is 12.0. The van der Waals surface area contributed by atoms with Crippen molar-refractivity contribution in [3.63, 3.8) is 0 Å². The summed E-state index contributed by atoms with van der Waals surface area (Å²) in [6.45, 7) is 0.337. The van der Waals surface area contributed by atoms with Crippen LogP contribution in [0.1, 0.15) is 18.4 Å². The number of aliphatic carboxylic acids is 1. The van der Waals surface area contributed by atoms with E-state index in [0.29, 0.717) is 18.0 Å². The fourth-order valence-electron chi connectivity index (χ4n) is 3.22. The molecule has 4 atom stereocenters. The first-order chi connectivity index (χ1) is 10.1. The molecule has 3 rings (SSSR count). The third kappa shape index (κ3) is 2.76. The molecule has 1 N–H and O–H groups in total. The molecule has 0 saturated carbocycles. The highest BCUT2D eigenvalue weighted by atomic mass is 35.5. The van der Waals surface area contributed by atoms with Crippen molar-refractivity contribution >= 4 is 23.5 Å². The molecule has 2 saturated heterocycles. The van der Waals surface area contributed by atoms with Gasteiger partial charge in [0, 0.05) is 23.5 Å². The normalized spacial score (nSPS) is 30.3. The predicted molar refractivity (Wildman–Crippen MR) is 73.2 cm³/mol. The number of fused-ring (bicyclic) bond motifs is 2. The van der Waals surface area contributed by atoms with E-state index in [4.69, 9.17) is 16.3 Å². The molecular formula is C15H15ClNO4-. The standard InChI is InChI=1S/C15H16ClNO4/c16-9-3-1-8(2-4-9)7-17-14(18)12-10-5-6-11(21-10)13(12)15(19)20/h1-4,10-13H,5-7H2,(H,17,18)(H,19,20)/p-1/t10-,11+,12+,13-/m1/s1. The van der Waals surface area contributed by atoms with E-state index >= 15 is 0 Å². The van der Waals surface area contributed by atoms with Crippen molar-refractivity contribution in [2.75, 3.05) is 0 Å². The Hall–Kier alpha value is -1.59. The van der Waals surface area contributed by atoms with Gasteiger partial charge in [0.25, 0.3) is 0 Å². The monoisotopic (exact) mass is 308 g/mol. The number of carboxylic acids is 1. The fraction of sp³-hybridized carbons (Fsp3) is 0.467. The molecule has 0 radical (unpaired) electrons. The van der Waals surface area contributed by atoms with E-state index in [-0.39, 0.29) is 18.1 Å². The van der Waals surface area contributed by atoms with Crippen LogP contribution in [0, 0.1) is 11.8 Å². The van der Waals surface area contributed by atoms with Crippen LogP contribution in [-0.2, 0) is 20.9 Å². The first kappa shape index (κ1) is 14.4. The number of carbonyl (C=O) groups excluding carboxylic acids is 2. The Morgan fingerprint density at radius 3 is 2.43 bits per heavy atom. The van der Waals surface area contributed by atoms with Crippen LogP contribution in [0.3, 0.4) is 0 Å². The molecule has 0 unspecified atom stereocenters. The summed E-state index contributed by atoms with van der Waals surface area (Å²) in [7, 11) is 0.